The van der Waals surface area contributed by atoms with Gasteiger partial charge in [0, 0.05) is 23.3 Å². The van der Waals surface area contributed by atoms with Gasteiger partial charge in [-0.25, -0.2) is 0 Å². The minimum atomic E-state index is 0.844. The number of hydrogen-bond donors (Lipinski definition) is 1. The number of rotatable bonds is 1. The van der Waals surface area contributed by atoms with E-state index in [1.54, 1.807) is 11.3 Å². The topological polar surface area (TPSA) is 38.9 Å². The Balaban J connectivity index is 2.46. The van der Waals surface area contributed by atoms with Gasteiger partial charge in [0.1, 0.15) is 0 Å². The summed E-state index contributed by atoms with van der Waals surface area (Å²) in [7, 11) is 0. The molecule has 0 aromatic carbocycles. The van der Waals surface area contributed by atoms with E-state index in [0.717, 1.165) is 16.1 Å². The van der Waals surface area contributed by atoms with Gasteiger partial charge in [-0.1, -0.05) is 0 Å². The van der Waals surface area contributed by atoms with Crippen LogP contribution in [-0.2, 0) is 0 Å². The van der Waals surface area contributed by atoms with Crippen LogP contribution in [0.4, 0.5) is 5.00 Å². The van der Waals surface area contributed by atoms with E-state index in [9.17, 15) is 0 Å². The fourth-order valence-electron chi connectivity index (χ4n) is 1.22. The van der Waals surface area contributed by atoms with E-state index >= 15 is 0 Å². The molecule has 2 aromatic rings. The van der Waals surface area contributed by atoms with Gasteiger partial charge < -0.3 is 5.73 Å². The molecule has 2 heterocycles. The van der Waals surface area contributed by atoms with Crippen molar-refractivity contribution in [2.45, 2.75) is 6.92 Å². The van der Waals surface area contributed by atoms with Gasteiger partial charge in [-0.3, -0.25) is 4.98 Å². The zero-order valence-electron chi connectivity index (χ0n) is 7.32. The van der Waals surface area contributed by atoms with Crippen molar-refractivity contribution in [3.8, 4) is 11.1 Å². The number of anilines is 1. The van der Waals surface area contributed by atoms with E-state index in [2.05, 4.69) is 11.1 Å². The quantitative estimate of drug-likeness (QED) is 0.751. The molecule has 0 saturated carbocycles. The van der Waals surface area contributed by atoms with Crippen molar-refractivity contribution in [1.29, 1.82) is 0 Å². The fraction of sp³-hybridized carbons (Fsp3) is 0.100. The molecule has 0 amide bonds. The molecule has 0 bridgehead atoms. The number of pyridine rings is 1. The van der Waals surface area contributed by atoms with Gasteiger partial charge in [-0.15, -0.1) is 11.3 Å². The summed E-state index contributed by atoms with van der Waals surface area (Å²) in [6.45, 7) is 2.03. The molecule has 0 atom stereocenters. The number of nitrogens with zero attached hydrogens (tertiary/aromatic N) is 1. The lowest BCUT2D eigenvalue weighted by Crippen LogP contribution is -1.80. The summed E-state index contributed by atoms with van der Waals surface area (Å²) in [6, 6.07) is 4.08. The first-order valence-electron chi connectivity index (χ1n) is 4.02. The Bertz CT molecular complexity index is 420. The number of hydrogen-bond acceptors (Lipinski definition) is 3. The molecule has 0 fully saturated rings. The number of aromatic nitrogens is 1. The third-order valence-electron chi connectivity index (χ3n) is 1.83. The van der Waals surface area contributed by atoms with Crippen LogP contribution in [0.5, 0.6) is 0 Å². The molecule has 2 aromatic heterocycles. The maximum atomic E-state index is 5.65. The highest BCUT2D eigenvalue weighted by molar-refractivity contribution is 7.14. The second-order valence-electron chi connectivity index (χ2n) is 2.99. The lowest BCUT2D eigenvalue weighted by Gasteiger charge is -1.97. The molecule has 66 valence electrons. The van der Waals surface area contributed by atoms with Gasteiger partial charge in [-0.05, 0) is 30.2 Å². The average Bonchev–Trinajstić information content (AvgIpc) is 2.52. The largest absolute Gasteiger partial charge is 0.391 e. The van der Waals surface area contributed by atoms with Crippen LogP contribution in [0, 0.1) is 6.92 Å². The third-order valence-corrected chi connectivity index (χ3v) is 2.59. The fourth-order valence-corrected chi connectivity index (χ4v) is 1.88. The molecule has 0 unspecified atom stereocenters. The zero-order chi connectivity index (χ0) is 9.26. The smallest absolute Gasteiger partial charge is 0.0862 e. The Hall–Kier alpha value is -1.35. The predicted octanol–water partition coefficient (Wildman–Crippen LogP) is 2.70. The molecule has 13 heavy (non-hydrogen) atoms. The Labute approximate surface area is 81.1 Å². The van der Waals surface area contributed by atoms with E-state index in [1.165, 1.54) is 5.56 Å². The Kier molecular flexibility index (Phi) is 2.02. The molecular weight excluding hydrogens is 180 g/mol. The lowest BCUT2D eigenvalue weighted by atomic mass is 10.1. The summed E-state index contributed by atoms with van der Waals surface area (Å²) in [5.74, 6) is 0. The van der Waals surface area contributed by atoms with Gasteiger partial charge in [0.2, 0.25) is 0 Å². The summed E-state index contributed by atoms with van der Waals surface area (Å²) in [5, 5.41) is 2.89. The van der Waals surface area contributed by atoms with Crippen molar-refractivity contribution < 1.29 is 0 Å². The van der Waals surface area contributed by atoms with Crippen molar-refractivity contribution in [3.05, 3.63) is 35.5 Å². The van der Waals surface area contributed by atoms with Crippen LogP contribution in [0.2, 0.25) is 0 Å². The van der Waals surface area contributed by atoms with Gasteiger partial charge in [0.25, 0.3) is 0 Å². The van der Waals surface area contributed by atoms with Crippen LogP contribution in [0.15, 0.2) is 29.9 Å². The number of nitrogen functional groups attached to an aromatic ring is 1. The van der Waals surface area contributed by atoms with Gasteiger partial charge >= 0.3 is 0 Å². The van der Waals surface area contributed by atoms with Crippen LogP contribution in [0.3, 0.4) is 0 Å². The first kappa shape index (κ1) is 8.26. The number of nitrogens with two attached hydrogens (primary N) is 1. The van der Waals surface area contributed by atoms with Crippen molar-refractivity contribution in [3.63, 3.8) is 0 Å². The zero-order valence-corrected chi connectivity index (χ0v) is 8.14. The van der Waals surface area contributed by atoms with Crippen LogP contribution in [-0.4, -0.2) is 4.98 Å². The van der Waals surface area contributed by atoms with Gasteiger partial charge in [0.05, 0.1) is 5.00 Å². The minimum Gasteiger partial charge on any atom is -0.391 e. The molecule has 0 aliphatic carbocycles. The Morgan fingerprint density at radius 2 is 2.08 bits per heavy atom. The Morgan fingerprint density at radius 1 is 1.23 bits per heavy atom. The molecule has 0 spiro atoms. The van der Waals surface area contributed by atoms with E-state index in [-0.39, 0.29) is 0 Å². The summed E-state index contributed by atoms with van der Waals surface area (Å²) in [5.41, 5.74) is 9.10. The highest BCUT2D eigenvalue weighted by Gasteiger charge is 2.00. The Morgan fingerprint density at radius 3 is 2.69 bits per heavy atom. The highest BCUT2D eigenvalue weighted by atomic mass is 32.1. The van der Waals surface area contributed by atoms with E-state index in [4.69, 9.17) is 5.73 Å². The first-order valence-corrected chi connectivity index (χ1v) is 4.90. The average molecular weight is 190 g/mol. The highest BCUT2D eigenvalue weighted by Crippen LogP contribution is 2.26. The maximum absolute atomic E-state index is 5.65. The first-order chi connectivity index (χ1) is 6.25. The van der Waals surface area contributed by atoms with Gasteiger partial charge in [0.15, 0.2) is 0 Å². The van der Waals surface area contributed by atoms with Crippen LogP contribution in [0.1, 0.15) is 5.56 Å². The normalized spacial score (nSPS) is 10.2. The van der Waals surface area contributed by atoms with E-state index in [0.29, 0.717) is 0 Å². The summed E-state index contributed by atoms with van der Waals surface area (Å²) >= 11 is 1.56. The minimum absolute atomic E-state index is 0.844. The number of aryl methyl sites for hydroxylation is 1. The van der Waals surface area contributed by atoms with Crippen molar-refractivity contribution in [2.75, 3.05) is 5.73 Å². The van der Waals surface area contributed by atoms with Crippen molar-refractivity contribution in [2.24, 2.45) is 0 Å². The molecule has 2 rings (SSSR count). The molecule has 2 N–H and O–H groups in total. The molecule has 0 radical (unpaired) electrons. The molecule has 0 aliphatic rings. The molecule has 3 heteroatoms. The predicted molar refractivity (Wildman–Crippen MR) is 56.7 cm³/mol. The molecule has 2 nitrogen and oxygen atoms in total. The second kappa shape index (κ2) is 3.18. The molecule has 0 aliphatic heterocycles. The van der Waals surface area contributed by atoms with Crippen molar-refractivity contribution in [1.82, 2.24) is 4.98 Å². The maximum Gasteiger partial charge on any atom is 0.0862 e. The van der Waals surface area contributed by atoms with Crippen LogP contribution < -0.4 is 5.73 Å². The molecular formula is C10H10N2S. The van der Waals surface area contributed by atoms with Gasteiger partial charge in [-0.2, -0.15) is 0 Å². The van der Waals surface area contributed by atoms with E-state index in [1.807, 2.05) is 30.8 Å². The van der Waals surface area contributed by atoms with Crippen LogP contribution >= 0.6 is 11.3 Å². The number of thiophene rings is 1. The lowest BCUT2D eigenvalue weighted by molar-refractivity contribution is 1.27. The summed E-state index contributed by atoms with van der Waals surface area (Å²) in [4.78, 5) is 4.13. The molecule has 0 saturated heterocycles. The van der Waals surface area contributed by atoms with Crippen LogP contribution in [0.25, 0.3) is 11.1 Å². The van der Waals surface area contributed by atoms with Crippen molar-refractivity contribution >= 4 is 16.3 Å². The monoisotopic (exact) mass is 190 g/mol. The second-order valence-corrected chi connectivity index (χ2v) is 3.93. The standard InChI is InChI=1S/C10H10N2S/c1-7-2-8(5-12-4-7)9-3-10(11)13-6-9/h2-6H,11H2,1H3. The summed E-state index contributed by atoms with van der Waals surface area (Å²) in [6.07, 6.45) is 3.70. The SMILES string of the molecule is Cc1cncc(-c2csc(N)c2)c1. The van der Waals surface area contributed by atoms with E-state index < -0.39 is 0 Å². The third kappa shape index (κ3) is 1.70. The summed E-state index contributed by atoms with van der Waals surface area (Å²) < 4.78 is 0.